The van der Waals surface area contributed by atoms with Gasteiger partial charge in [0.1, 0.15) is 12.1 Å². The van der Waals surface area contributed by atoms with E-state index in [-0.39, 0.29) is 15.4 Å². The fourth-order valence-corrected chi connectivity index (χ4v) is 7.34. The van der Waals surface area contributed by atoms with Crippen LogP contribution in [0.4, 0.5) is 15.7 Å². The first-order valence-corrected chi connectivity index (χ1v) is 13.9. The number of aryl methyl sites for hydroxylation is 1. The molecule has 2 aromatic heterocycles. The molecular weight excluding hydrogens is 558 g/mol. The van der Waals surface area contributed by atoms with Gasteiger partial charge in [-0.05, 0) is 41.9 Å². The fourth-order valence-electron chi connectivity index (χ4n) is 3.92. The van der Waals surface area contributed by atoms with Crippen LogP contribution in [0.15, 0.2) is 33.2 Å². The van der Waals surface area contributed by atoms with E-state index < -0.39 is 16.1 Å². The summed E-state index contributed by atoms with van der Waals surface area (Å²) in [6.45, 7) is 6.38. The van der Waals surface area contributed by atoms with E-state index in [1.54, 1.807) is 13.3 Å². The number of hydrogen-bond donors (Lipinski definition) is 2. The molecular formula is C21H26BrN7O4S2. The first-order valence-electron chi connectivity index (χ1n) is 10.9. The van der Waals surface area contributed by atoms with Crippen LogP contribution < -0.4 is 10.6 Å². The number of anilines is 2. The summed E-state index contributed by atoms with van der Waals surface area (Å²) in [4.78, 5) is 26.6. The second-order valence-corrected chi connectivity index (χ2v) is 12.1. The molecule has 1 amide bonds. The summed E-state index contributed by atoms with van der Waals surface area (Å²) < 4.78 is 33.5. The predicted octanol–water partition coefficient (Wildman–Crippen LogP) is 3.14. The summed E-state index contributed by atoms with van der Waals surface area (Å²) in [6, 6.07) is 5.96. The summed E-state index contributed by atoms with van der Waals surface area (Å²) in [5.74, 6) is 0.766. The number of piperazine rings is 1. The molecule has 2 N–H and O–H groups in total. The maximum Gasteiger partial charge on any atom is 0.413 e. The fraction of sp³-hybridized carbons (Fsp3) is 0.429. The van der Waals surface area contributed by atoms with Crippen molar-refractivity contribution in [1.82, 2.24) is 24.2 Å². The number of para-hydroxylation sites is 1. The second kappa shape index (κ2) is 10.7. The molecule has 3 heterocycles. The Hall–Kier alpha value is -2.39. The molecule has 188 valence electrons. The highest BCUT2D eigenvalue weighted by molar-refractivity contribution is 9.10. The van der Waals surface area contributed by atoms with E-state index in [1.807, 2.05) is 18.2 Å². The Morgan fingerprint density at radius 1 is 1.26 bits per heavy atom. The van der Waals surface area contributed by atoms with Crippen LogP contribution >= 0.6 is 27.3 Å². The number of ether oxygens (including phenoxy) is 1. The van der Waals surface area contributed by atoms with Gasteiger partial charge < -0.3 is 10.1 Å². The molecule has 0 radical (unpaired) electrons. The van der Waals surface area contributed by atoms with E-state index in [4.69, 9.17) is 0 Å². The average Bonchev–Trinajstić information content (AvgIpc) is 3.20. The molecule has 0 spiro atoms. The normalized spacial score (nSPS) is 16.2. The number of rotatable bonds is 7. The maximum atomic E-state index is 13.2. The number of thiazole rings is 1. The van der Waals surface area contributed by atoms with E-state index in [0.717, 1.165) is 39.1 Å². The van der Waals surface area contributed by atoms with E-state index in [2.05, 4.69) is 58.1 Å². The van der Waals surface area contributed by atoms with Crippen molar-refractivity contribution in [3.63, 3.8) is 0 Å². The standard InChI is InChI=1S/C21H26BrN7O4S2/c1-13(25-18-15-5-4-6-16(22)17(15)23-12-24-18)11-28-7-9-29(10-8-28)35(31,32)19-14(2)26-20(34-19)27-21(30)33-3/h4-6,12-13H,7-11H2,1-3H3,(H,23,24,25)(H,26,27,30). The van der Waals surface area contributed by atoms with Crippen LogP contribution in [0.1, 0.15) is 12.6 Å². The number of fused-ring (bicyclic) bond motifs is 1. The highest BCUT2D eigenvalue weighted by Crippen LogP contribution is 2.30. The number of nitrogens with one attached hydrogen (secondary N) is 2. The number of amides is 1. The maximum absolute atomic E-state index is 13.2. The number of benzene rings is 1. The smallest absolute Gasteiger partial charge is 0.413 e. The zero-order valence-corrected chi connectivity index (χ0v) is 22.7. The Balaban J connectivity index is 1.36. The van der Waals surface area contributed by atoms with Gasteiger partial charge in [-0.15, -0.1) is 0 Å². The number of nitrogens with zero attached hydrogens (tertiary/aromatic N) is 5. The van der Waals surface area contributed by atoms with Crippen LogP contribution in [0.3, 0.4) is 0 Å². The van der Waals surface area contributed by atoms with Gasteiger partial charge in [0.2, 0.25) is 0 Å². The molecule has 1 aromatic carbocycles. The highest BCUT2D eigenvalue weighted by atomic mass is 79.9. The third-order valence-electron chi connectivity index (χ3n) is 5.58. The van der Waals surface area contributed by atoms with Crippen LogP contribution in [0.25, 0.3) is 10.9 Å². The number of halogens is 1. The van der Waals surface area contributed by atoms with Crippen molar-refractivity contribution in [3.8, 4) is 0 Å². The van der Waals surface area contributed by atoms with Gasteiger partial charge in [0.15, 0.2) is 9.34 Å². The minimum atomic E-state index is -3.71. The topological polar surface area (TPSA) is 130 Å². The van der Waals surface area contributed by atoms with E-state index >= 15 is 0 Å². The second-order valence-electron chi connectivity index (χ2n) is 8.12. The Labute approximate surface area is 216 Å². The summed E-state index contributed by atoms with van der Waals surface area (Å²) in [5, 5.41) is 7.01. The summed E-state index contributed by atoms with van der Waals surface area (Å²) >= 11 is 4.45. The van der Waals surface area contributed by atoms with Gasteiger partial charge in [-0.2, -0.15) is 4.31 Å². The highest BCUT2D eigenvalue weighted by Gasteiger charge is 2.32. The molecule has 14 heteroatoms. The molecule has 1 atom stereocenters. The van der Waals surface area contributed by atoms with E-state index in [1.165, 1.54) is 11.4 Å². The van der Waals surface area contributed by atoms with Crippen LogP contribution in [-0.2, 0) is 14.8 Å². The Morgan fingerprint density at radius 2 is 2.00 bits per heavy atom. The van der Waals surface area contributed by atoms with Gasteiger partial charge in [-0.25, -0.2) is 28.2 Å². The number of hydrogen-bond acceptors (Lipinski definition) is 10. The molecule has 0 bridgehead atoms. The van der Waals surface area contributed by atoms with Gasteiger partial charge in [-0.3, -0.25) is 10.2 Å². The zero-order valence-electron chi connectivity index (χ0n) is 19.5. The van der Waals surface area contributed by atoms with E-state index in [9.17, 15) is 13.2 Å². The number of aromatic nitrogens is 3. The molecule has 11 nitrogen and oxygen atoms in total. The number of methoxy groups -OCH3 is 1. The van der Waals surface area contributed by atoms with Crippen LogP contribution in [0, 0.1) is 6.92 Å². The molecule has 1 saturated heterocycles. The molecule has 4 rings (SSSR count). The van der Waals surface area contributed by atoms with Crippen LogP contribution in [0.5, 0.6) is 0 Å². The lowest BCUT2D eigenvalue weighted by Gasteiger charge is -2.35. The molecule has 1 aliphatic heterocycles. The van der Waals surface area contributed by atoms with Crippen molar-refractivity contribution in [3.05, 3.63) is 34.7 Å². The summed E-state index contributed by atoms with van der Waals surface area (Å²) in [6.07, 6.45) is 0.848. The van der Waals surface area contributed by atoms with Gasteiger partial charge in [0.05, 0.1) is 18.3 Å². The van der Waals surface area contributed by atoms with Crippen LogP contribution in [0.2, 0.25) is 0 Å². The quantitative estimate of drug-likeness (QED) is 0.430. The molecule has 0 aliphatic carbocycles. The molecule has 1 unspecified atom stereocenters. The van der Waals surface area contributed by atoms with Crippen LogP contribution in [-0.4, -0.2) is 84.5 Å². The van der Waals surface area contributed by atoms with Crippen molar-refractivity contribution in [1.29, 1.82) is 0 Å². The minimum Gasteiger partial charge on any atom is -0.453 e. The zero-order chi connectivity index (χ0) is 25.2. The Morgan fingerprint density at radius 3 is 2.71 bits per heavy atom. The largest absolute Gasteiger partial charge is 0.453 e. The Bertz CT molecular complexity index is 1330. The lowest BCUT2D eigenvalue weighted by molar-refractivity contribution is 0.184. The molecule has 1 aliphatic rings. The molecule has 1 fully saturated rings. The molecule has 3 aromatic rings. The predicted molar refractivity (Wildman–Crippen MR) is 138 cm³/mol. The van der Waals surface area contributed by atoms with Crippen molar-refractivity contribution in [2.24, 2.45) is 0 Å². The Kier molecular flexibility index (Phi) is 7.86. The first kappa shape index (κ1) is 25.7. The van der Waals surface area contributed by atoms with E-state index in [0.29, 0.717) is 31.9 Å². The third kappa shape index (κ3) is 5.72. The molecule has 35 heavy (non-hydrogen) atoms. The SMILES string of the molecule is COC(=O)Nc1nc(C)c(S(=O)(=O)N2CCN(CC(C)Nc3ncnc4c(Br)cccc34)CC2)s1. The minimum absolute atomic E-state index is 0.0888. The van der Waals surface area contributed by atoms with Gasteiger partial charge in [0, 0.05) is 48.6 Å². The van der Waals surface area contributed by atoms with Gasteiger partial charge >= 0.3 is 6.09 Å². The van der Waals surface area contributed by atoms with Crippen molar-refractivity contribution < 1.29 is 17.9 Å². The lowest BCUT2D eigenvalue weighted by Crippen LogP contribution is -2.50. The summed E-state index contributed by atoms with van der Waals surface area (Å²) in [5.41, 5.74) is 1.20. The first-order chi connectivity index (χ1) is 16.7. The average molecular weight is 585 g/mol. The van der Waals surface area contributed by atoms with Gasteiger partial charge in [-0.1, -0.05) is 17.4 Å². The van der Waals surface area contributed by atoms with Crippen molar-refractivity contribution >= 4 is 65.2 Å². The van der Waals surface area contributed by atoms with Gasteiger partial charge in [0.25, 0.3) is 10.0 Å². The summed E-state index contributed by atoms with van der Waals surface area (Å²) in [7, 11) is -2.48. The third-order valence-corrected chi connectivity index (χ3v) is 9.78. The molecule has 0 saturated carbocycles. The number of carbonyl (C=O) groups is 1. The van der Waals surface area contributed by atoms with Crippen molar-refractivity contribution in [2.45, 2.75) is 24.1 Å². The number of carbonyl (C=O) groups excluding carboxylic acids is 1. The monoisotopic (exact) mass is 583 g/mol. The number of sulfonamides is 1. The lowest BCUT2D eigenvalue weighted by atomic mass is 10.2. The van der Waals surface area contributed by atoms with Crippen molar-refractivity contribution in [2.75, 3.05) is 50.5 Å².